The highest BCUT2D eigenvalue weighted by Crippen LogP contribution is 2.25. The number of rotatable bonds is 2. The molecule has 0 aliphatic rings. The molecule has 0 saturated heterocycles. The molecule has 0 unspecified atom stereocenters. The van der Waals surface area contributed by atoms with Gasteiger partial charge in [-0.3, -0.25) is 10.8 Å². The Balaban J connectivity index is 3.23. The van der Waals surface area contributed by atoms with Crippen LogP contribution in [0.2, 0.25) is 10.0 Å². The molecule has 13 heavy (non-hydrogen) atoms. The quantitative estimate of drug-likeness (QED) is 0.514. The van der Waals surface area contributed by atoms with Gasteiger partial charge in [-0.2, -0.15) is 0 Å². The average Bonchev–Trinajstić information content (AvgIpc) is 2.08. The van der Waals surface area contributed by atoms with Crippen molar-refractivity contribution < 1.29 is 0 Å². The first-order chi connectivity index (χ1) is 6.04. The maximum Gasteiger partial charge on any atom is 0.141 e. The van der Waals surface area contributed by atoms with Gasteiger partial charge < -0.3 is 5.73 Å². The average molecular weight is 216 g/mol. The van der Waals surface area contributed by atoms with Crippen molar-refractivity contribution in [3.8, 4) is 0 Å². The SMILES string of the molecule is N=C(N)C(=N)c1cccc(Cl)c1Cl. The lowest BCUT2D eigenvalue weighted by Crippen LogP contribution is -2.22. The number of nitrogens with one attached hydrogen (secondary N) is 2. The smallest absolute Gasteiger partial charge is 0.141 e. The highest BCUT2D eigenvalue weighted by molar-refractivity contribution is 6.51. The third-order valence-corrected chi connectivity index (χ3v) is 2.31. The normalized spacial score (nSPS) is 9.69. The minimum Gasteiger partial charge on any atom is -0.382 e. The molecule has 5 heteroatoms. The van der Waals surface area contributed by atoms with Crippen molar-refractivity contribution in [2.24, 2.45) is 5.73 Å². The summed E-state index contributed by atoms with van der Waals surface area (Å²) in [6, 6.07) is 4.86. The summed E-state index contributed by atoms with van der Waals surface area (Å²) in [4.78, 5) is 0. The molecule has 0 amide bonds. The van der Waals surface area contributed by atoms with Gasteiger partial charge in [0, 0.05) is 5.56 Å². The van der Waals surface area contributed by atoms with Gasteiger partial charge in [-0.1, -0.05) is 35.3 Å². The van der Waals surface area contributed by atoms with Crippen molar-refractivity contribution >= 4 is 34.7 Å². The third kappa shape index (κ3) is 1.99. The second-order valence-electron chi connectivity index (χ2n) is 2.39. The molecule has 4 N–H and O–H groups in total. The summed E-state index contributed by atoms with van der Waals surface area (Å²) in [6.45, 7) is 0. The Labute approximate surface area is 85.5 Å². The maximum absolute atomic E-state index is 7.43. The molecule has 1 rings (SSSR count). The number of nitrogens with two attached hydrogens (primary N) is 1. The molecule has 0 bridgehead atoms. The van der Waals surface area contributed by atoms with Crippen molar-refractivity contribution in [2.75, 3.05) is 0 Å². The minimum absolute atomic E-state index is 0.118. The topological polar surface area (TPSA) is 73.7 Å². The summed E-state index contributed by atoms with van der Waals surface area (Å²) >= 11 is 11.5. The first-order valence-corrected chi connectivity index (χ1v) is 4.17. The molecule has 0 spiro atoms. The molecule has 0 aliphatic heterocycles. The predicted molar refractivity (Wildman–Crippen MR) is 55.2 cm³/mol. The molecular formula is C8H7Cl2N3. The fraction of sp³-hybridized carbons (Fsp3) is 0. The van der Waals surface area contributed by atoms with E-state index in [0.29, 0.717) is 10.6 Å². The van der Waals surface area contributed by atoms with Crippen molar-refractivity contribution in [3.63, 3.8) is 0 Å². The van der Waals surface area contributed by atoms with E-state index in [1.807, 2.05) is 0 Å². The summed E-state index contributed by atoms with van der Waals surface area (Å²) in [7, 11) is 0. The van der Waals surface area contributed by atoms with E-state index in [1.165, 1.54) is 0 Å². The fourth-order valence-electron chi connectivity index (χ4n) is 0.842. The van der Waals surface area contributed by atoms with Gasteiger partial charge in [-0.05, 0) is 6.07 Å². The Hall–Kier alpha value is -1.06. The molecule has 0 aliphatic carbocycles. The highest BCUT2D eigenvalue weighted by Gasteiger charge is 2.10. The second-order valence-corrected chi connectivity index (χ2v) is 3.18. The molecular weight excluding hydrogens is 209 g/mol. The third-order valence-electron chi connectivity index (χ3n) is 1.49. The number of hydrogen-bond acceptors (Lipinski definition) is 2. The Morgan fingerprint density at radius 1 is 1.23 bits per heavy atom. The van der Waals surface area contributed by atoms with Crippen LogP contribution in [0.5, 0.6) is 0 Å². The lowest BCUT2D eigenvalue weighted by Gasteiger charge is -2.05. The van der Waals surface area contributed by atoms with E-state index in [9.17, 15) is 0 Å². The molecule has 1 aromatic rings. The van der Waals surface area contributed by atoms with Gasteiger partial charge in [-0.15, -0.1) is 0 Å². The molecule has 1 aromatic carbocycles. The van der Waals surface area contributed by atoms with Crippen LogP contribution in [-0.4, -0.2) is 11.5 Å². The molecule has 0 atom stereocenters. The van der Waals surface area contributed by atoms with Gasteiger partial charge in [0.1, 0.15) is 11.5 Å². The van der Waals surface area contributed by atoms with Gasteiger partial charge in [0.25, 0.3) is 0 Å². The van der Waals surface area contributed by atoms with Crippen LogP contribution in [0.15, 0.2) is 18.2 Å². The van der Waals surface area contributed by atoms with E-state index in [-0.39, 0.29) is 16.6 Å². The molecule has 0 saturated carbocycles. The monoisotopic (exact) mass is 215 g/mol. The van der Waals surface area contributed by atoms with Crippen LogP contribution in [0.4, 0.5) is 0 Å². The summed E-state index contributed by atoms with van der Waals surface area (Å²) in [5, 5.41) is 15.1. The van der Waals surface area contributed by atoms with E-state index in [1.54, 1.807) is 18.2 Å². The second kappa shape index (κ2) is 3.77. The molecule has 0 heterocycles. The van der Waals surface area contributed by atoms with Crippen molar-refractivity contribution in [1.29, 1.82) is 10.8 Å². The molecule has 0 radical (unpaired) electrons. The van der Waals surface area contributed by atoms with Crippen LogP contribution in [0.3, 0.4) is 0 Å². The van der Waals surface area contributed by atoms with Crippen molar-refractivity contribution in [2.45, 2.75) is 0 Å². The largest absolute Gasteiger partial charge is 0.382 e. The number of hydrogen-bond donors (Lipinski definition) is 3. The van der Waals surface area contributed by atoms with Crippen LogP contribution in [0, 0.1) is 10.8 Å². The molecule has 68 valence electrons. The van der Waals surface area contributed by atoms with Gasteiger partial charge in [0.2, 0.25) is 0 Å². The molecule has 0 aromatic heterocycles. The highest BCUT2D eigenvalue weighted by atomic mass is 35.5. The van der Waals surface area contributed by atoms with Gasteiger partial charge in [0.05, 0.1) is 10.0 Å². The number of amidine groups is 1. The van der Waals surface area contributed by atoms with Crippen LogP contribution in [-0.2, 0) is 0 Å². The molecule has 0 fully saturated rings. The van der Waals surface area contributed by atoms with E-state index < -0.39 is 0 Å². The van der Waals surface area contributed by atoms with Crippen LogP contribution >= 0.6 is 23.2 Å². The summed E-state index contributed by atoms with van der Waals surface area (Å²) < 4.78 is 0. The van der Waals surface area contributed by atoms with Gasteiger partial charge in [0.15, 0.2) is 0 Å². The fourth-order valence-corrected chi connectivity index (χ4v) is 1.24. The van der Waals surface area contributed by atoms with Gasteiger partial charge >= 0.3 is 0 Å². The minimum atomic E-state index is -0.329. The first kappa shape index (κ1) is 10.0. The standard InChI is InChI=1S/C8H7Cl2N3/c9-5-3-1-2-4(6(5)10)7(11)8(12)13/h1-3,11H,(H3,12,13). The van der Waals surface area contributed by atoms with E-state index >= 15 is 0 Å². The zero-order valence-electron chi connectivity index (χ0n) is 6.57. The van der Waals surface area contributed by atoms with Crippen LogP contribution < -0.4 is 5.73 Å². The van der Waals surface area contributed by atoms with Gasteiger partial charge in [-0.25, -0.2) is 0 Å². The van der Waals surface area contributed by atoms with Crippen LogP contribution in [0.25, 0.3) is 0 Å². The lowest BCUT2D eigenvalue weighted by molar-refractivity contribution is 1.43. The maximum atomic E-state index is 7.43. The summed E-state index contributed by atoms with van der Waals surface area (Å²) in [5.41, 5.74) is 5.40. The zero-order chi connectivity index (χ0) is 10.0. The zero-order valence-corrected chi connectivity index (χ0v) is 8.08. The van der Waals surface area contributed by atoms with Crippen molar-refractivity contribution in [1.82, 2.24) is 0 Å². The Bertz CT molecular complexity index is 374. The Morgan fingerprint density at radius 2 is 1.85 bits per heavy atom. The molecule has 3 nitrogen and oxygen atoms in total. The van der Waals surface area contributed by atoms with E-state index in [4.69, 9.17) is 39.8 Å². The first-order valence-electron chi connectivity index (χ1n) is 3.41. The predicted octanol–water partition coefficient (Wildman–Crippen LogP) is 2.30. The Morgan fingerprint density at radius 3 is 2.38 bits per heavy atom. The van der Waals surface area contributed by atoms with E-state index in [2.05, 4.69) is 0 Å². The number of benzene rings is 1. The van der Waals surface area contributed by atoms with E-state index in [0.717, 1.165) is 0 Å². The van der Waals surface area contributed by atoms with Crippen LogP contribution in [0.1, 0.15) is 5.56 Å². The summed E-state index contributed by atoms with van der Waals surface area (Å²) in [6.07, 6.45) is 0. The van der Waals surface area contributed by atoms with Crippen molar-refractivity contribution in [3.05, 3.63) is 33.8 Å². The Kier molecular flexibility index (Phi) is 2.90. The number of halogens is 2. The lowest BCUT2D eigenvalue weighted by atomic mass is 10.1. The summed E-state index contributed by atoms with van der Waals surface area (Å²) in [5.74, 6) is -0.329.